The second kappa shape index (κ2) is 7.09. The molecule has 0 bridgehead atoms. The molecule has 0 saturated carbocycles. The van der Waals surface area contributed by atoms with Gasteiger partial charge in [-0.1, -0.05) is 11.6 Å². The van der Waals surface area contributed by atoms with Crippen LogP contribution in [0.2, 0.25) is 5.02 Å². The number of rotatable bonds is 5. The molecule has 0 atom stereocenters. The molecule has 0 radical (unpaired) electrons. The lowest BCUT2D eigenvalue weighted by Gasteiger charge is -2.06. The van der Waals surface area contributed by atoms with Crippen LogP contribution in [0.5, 0.6) is 0 Å². The lowest BCUT2D eigenvalue weighted by Crippen LogP contribution is -2.25. The number of amides is 1. The van der Waals surface area contributed by atoms with Gasteiger partial charge >= 0.3 is 0 Å². The molecule has 3 N–H and O–H groups in total. The van der Waals surface area contributed by atoms with Crippen LogP contribution in [0, 0.1) is 3.57 Å². The van der Waals surface area contributed by atoms with Gasteiger partial charge in [0.1, 0.15) is 0 Å². The molecule has 1 aromatic rings. The average Bonchev–Trinajstić information content (AvgIpc) is 2.27. The maximum absolute atomic E-state index is 11.8. The number of hydrogen-bond donors (Lipinski definition) is 2. The van der Waals surface area contributed by atoms with E-state index in [4.69, 9.17) is 17.3 Å². The molecule has 0 aliphatic heterocycles. The minimum absolute atomic E-state index is 0.0797. The first-order valence-corrected chi connectivity index (χ1v) is 6.54. The van der Waals surface area contributed by atoms with E-state index in [0.29, 0.717) is 23.7 Å². The van der Waals surface area contributed by atoms with Crippen molar-refractivity contribution < 1.29 is 4.79 Å². The van der Waals surface area contributed by atoms with E-state index in [2.05, 4.69) is 27.9 Å². The molecular formula is C11H14ClIN2O. The van der Waals surface area contributed by atoms with E-state index in [9.17, 15) is 4.79 Å². The molecule has 0 saturated heterocycles. The number of halogens is 2. The third kappa shape index (κ3) is 4.27. The third-order valence-electron chi connectivity index (χ3n) is 2.09. The van der Waals surface area contributed by atoms with Gasteiger partial charge in [0.15, 0.2) is 0 Å². The van der Waals surface area contributed by atoms with Gasteiger partial charge in [0.2, 0.25) is 0 Å². The largest absolute Gasteiger partial charge is 0.352 e. The molecule has 0 aliphatic carbocycles. The van der Waals surface area contributed by atoms with Crippen molar-refractivity contribution in [2.24, 2.45) is 5.73 Å². The lowest BCUT2D eigenvalue weighted by atomic mass is 10.2. The van der Waals surface area contributed by atoms with Crippen molar-refractivity contribution in [1.29, 1.82) is 0 Å². The van der Waals surface area contributed by atoms with Crippen LogP contribution < -0.4 is 11.1 Å². The molecule has 0 aromatic heterocycles. The summed E-state index contributed by atoms with van der Waals surface area (Å²) in [5, 5.41) is 3.42. The highest BCUT2D eigenvalue weighted by Crippen LogP contribution is 2.17. The Kier molecular flexibility index (Phi) is 6.08. The second-order valence-electron chi connectivity index (χ2n) is 3.38. The Morgan fingerprint density at radius 3 is 2.88 bits per heavy atom. The van der Waals surface area contributed by atoms with Crippen LogP contribution in [0.4, 0.5) is 0 Å². The van der Waals surface area contributed by atoms with E-state index in [1.54, 1.807) is 12.1 Å². The van der Waals surface area contributed by atoms with Gasteiger partial charge in [-0.25, -0.2) is 0 Å². The number of benzene rings is 1. The fourth-order valence-corrected chi connectivity index (χ4v) is 1.99. The molecule has 0 aliphatic rings. The highest BCUT2D eigenvalue weighted by molar-refractivity contribution is 14.1. The summed E-state index contributed by atoms with van der Waals surface area (Å²) in [6, 6.07) is 5.29. The van der Waals surface area contributed by atoms with Gasteiger partial charge in [-0.2, -0.15) is 0 Å². The summed E-state index contributed by atoms with van der Waals surface area (Å²) < 4.78 is 0.901. The van der Waals surface area contributed by atoms with Gasteiger partial charge in [0.05, 0.1) is 5.56 Å². The summed E-state index contributed by atoms with van der Waals surface area (Å²) in [4.78, 5) is 11.8. The number of carbonyl (C=O) groups excluding carboxylic acids is 1. The molecule has 1 amide bonds. The first kappa shape index (κ1) is 13.7. The van der Waals surface area contributed by atoms with E-state index in [1.165, 1.54) is 0 Å². The highest BCUT2D eigenvalue weighted by Gasteiger charge is 2.09. The SMILES string of the molecule is NCCCCNC(=O)c1cc(Cl)ccc1I. The van der Waals surface area contributed by atoms with Crippen molar-refractivity contribution in [3.63, 3.8) is 0 Å². The highest BCUT2D eigenvalue weighted by atomic mass is 127. The zero-order chi connectivity index (χ0) is 12.0. The standard InChI is InChI=1S/C11H14ClIN2O/c12-8-3-4-10(13)9(7-8)11(16)15-6-2-1-5-14/h3-4,7H,1-2,5-6,14H2,(H,15,16). The summed E-state index contributed by atoms with van der Waals surface area (Å²) in [5.41, 5.74) is 5.99. The molecule has 5 heteroatoms. The molecule has 16 heavy (non-hydrogen) atoms. The molecule has 1 rings (SSSR count). The topological polar surface area (TPSA) is 55.1 Å². The third-order valence-corrected chi connectivity index (χ3v) is 3.27. The van der Waals surface area contributed by atoms with Crippen molar-refractivity contribution in [2.75, 3.05) is 13.1 Å². The maximum Gasteiger partial charge on any atom is 0.252 e. The van der Waals surface area contributed by atoms with Crippen LogP contribution in [0.1, 0.15) is 23.2 Å². The number of carbonyl (C=O) groups is 1. The van der Waals surface area contributed by atoms with Crippen LogP contribution in [0.3, 0.4) is 0 Å². The first-order valence-electron chi connectivity index (χ1n) is 5.08. The molecule has 88 valence electrons. The molecule has 0 heterocycles. The van der Waals surface area contributed by atoms with E-state index in [-0.39, 0.29) is 5.91 Å². The number of nitrogens with two attached hydrogens (primary N) is 1. The summed E-state index contributed by atoms with van der Waals surface area (Å²) in [7, 11) is 0. The Hall–Kier alpha value is -0.330. The number of nitrogens with one attached hydrogen (secondary N) is 1. The zero-order valence-corrected chi connectivity index (χ0v) is 11.7. The smallest absolute Gasteiger partial charge is 0.252 e. The van der Waals surface area contributed by atoms with Crippen molar-refractivity contribution in [3.05, 3.63) is 32.4 Å². The van der Waals surface area contributed by atoms with E-state index >= 15 is 0 Å². The van der Waals surface area contributed by atoms with Gasteiger partial charge in [-0.3, -0.25) is 4.79 Å². The zero-order valence-electron chi connectivity index (χ0n) is 8.80. The Labute approximate surface area is 114 Å². The van der Waals surface area contributed by atoms with Crippen LogP contribution in [0.25, 0.3) is 0 Å². The van der Waals surface area contributed by atoms with E-state index in [0.717, 1.165) is 16.4 Å². The second-order valence-corrected chi connectivity index (χ2v) is 4.97. The van der Waals surface area contributed by atoms with Crippen molar-refractivity contribution in [2.45, 2.75) is 12.8 Å². The van der Waals surface area contributed by atoms with Crippen LogP contribution >= 0.6 is 34.2 Å². The molecule has 0 spiro atoms. The van der Waals surface area contributed by atoms with Gasteiger partial charge in [-0.05, 0) is 60.2 Å². The number of unbranched alkanes of at least 4 members (excludes halogenated alkanes) is 1. The van der Waals surface area contributed by atoms with Crippen molar-refractivity contribution in [1.82, 2.24) is 5.32 Å². The summed E-state index contributed by atoms with van der Waals surface area (Å²) >= 11 is 7.97. The van der Waals surface area contributed by atoms with Crippen LogP contribution in [-0.2, 0) is 0 Å². The monoisotopic (exact) mass is 352 g/mol. The van der Waals surface area contributed by atoms with Gasteiger partial charge in [0, 0.05) is 15.1 Å². The van der Waals surface area contributed by atoms with Crippen molar-refractivity contribution >= 4 is 40.1 Å². The minimum Gasteiger partial charge on any atom is -0.352 e. The summed E-state index contributed by atoms with van der Waals surface area (Å²) in [5.74, 6) is -0.0797. The van der Waals surface area contributed by atoms with Crippen LogP contribution in [0.15, 0.2) is 18.2 Å². The van der Waals surface area contributed by atoms with Gasteiger partial charge in [0.25, 0.3) is 5.91 Å². The predicted molar refractivity (Wildman–Crippen MR) is 74.8 cm³/mol. The molecule has 0 fully saturated rings. The molecular weight excluding hydrogens is 338 g/mol. The van der Waals surface area contributed by atoms with E-state index in [1.807, 2.05) is 6.07 Å². The minimum atomic E-state index is -0.0797. The lowest BCUT2D eigenvalue weighted by molar-refractivity contribution is 0.0952. The number of hydrogen-bond acceptors (Lipinski definition) is 2. The maximum atomic E-state index is 11.8. The Bertz CT molecular complexity index is 371. The first-order chi connectivity index (χ1) is 7.65. The van der Waals surface area contributed by atoms with Gasteiger partial charge < -0.3 is 11.1 Å². The normalized spacial score (nSPS) is 10.2. The Morgan fingerprint density at radius 1 is 1.44 bits per heavy atom. The van der Waals surface area contributed by atoms with E-state index < -0.39 is 0 Å². The average molecular weight is 353 g/mol. The van der Waals surface area contributed by atoms with Crippen LogP contribution in [-0.4, -0.2) is 19.0 Å². The van der Waals surface area contributed by atoms with Gasteiger partial charge in [-0.15, -0.1) is 0 Å². The quantitative estimate of drug-likeness (QED) is 0.631. The predicted octanol–water partition coefficient (Wildman–Crippen LogP) is 2.41. The van der Waals surface area contributed by atoms with Crippen molar-refractivity contribution in [3.8, 4) is 0 Å². The molecule has 1 aromatic carbocycles. The fourth-order valence-electron chi connectivity index (χ4n) is 1.24. The molecule has 0 unspecified atom stereocenters. The summed E-state index contributed by atoms with van der Waals surface area (Å²) in [6.45, 7) is 1.31. The Morgan fingerprint density at radius 2 is 2.19 bits per heavy atom. The summed E-state index contributed by atoms with van der Waals surface area (Å²) in [6.07, 6.45) is 1.83. The molecule has 3 nitrogen and oxygen atoms in total. The Balaban J connectivity index is 2.55. The fraction of sp³-hybridized carbons (Fsp3) is 0.364.